The molecule has 0 spiro atoms. The Morgan fingerprint density at radius 3 is 1.70 bits per heavy atom. The van der Waals surface area contributed by atoms with E-state index in [0.29, 0.717) is 0 Å². The summed E-state index contributed by atoms with van der Waals surface area (Å²) in [7, 11) is 0. The van der Waals surface area contributed by atoms with Gasteiger partial charge in [-0.3, -0.25) is 0 Å². The summed E-state index contributed by atoms with van der Waals surface area (Å²) in [5, 5.41) is 9.74. The van der Waals surface area contributed by atoms with Gasteiger partial charge in [-0.1, -0.05) is 36.0 Å². The van der Waals surface area contributed by atoms with Crippen LogP contribution in [0, 0.1) is 0 Å². The second-order valence-electron chi connectivity index (χ2n) is 7.48. The average Bonchev–Trinajstić information content (AvgIpc) is 3.28. The number of hydrogen-bond acceptors (Lipinski definition) is 3. The third kappa shape index (κ3) is 2.46. The standard InChI is InChI=1S/C22H22N4S/c1-3-13-15-11-23-9-7-17(15)25-21(13)19(5-1)27-20-6-2-4-14-16-12-24-10-8-18(16)26-22(14)20/h1-6,23-26H,7-12H2. The lowest BCUT2D eigenvalue weighted by atomic mass is 10.1. The molecule has 2 aliphatic heterocycles. The van der Waals surface area contributed by atoms with Crippen LogP contribution in [0.15, 0.2) is 46.2 Å². The monoisotopic (exact) mass is 374 g/mol. The highest BCUT2D eigenvalue weighted by atomic mass is 32.2. The van der Waals surface area contributed by atoms with Crippen molar-refractivity contribution in [3.8, 4) is 0 Å². The van der Waals surface area contributed by atoms with Crippen molar-refractivity contribution >= 4 is 33.6 Å². The molecule has 6 rings (SSSR count). The summed E-state index contributed by atoms with van der Waals surface area (Å²) >= 11 is 1.87. The lowest BCUT2D eigenvalue weighted by Crippen LogP contribution is -2.22. The SMILES string of the molecule is c1cc(Sc2cccc3c4c([nH]c23)CCNC4)c2[nH]c3c(c2c1)CNCC3. The van der Waals surface area contributed by atoms with Gasteiger partial charge in [0, 0.05) is 71.0 Å². The van der Waals surface area contributed by atoms with E-state index < -0.39 is 0 Å². The van der Waals surface area contributed by atoms with Crippen molar-refractivity contribution < 1.29 is 0 Å². The normalized spacial score (nSPS) is 16.6. The van der Waals surface area contributed by atoms with E-state index in [9.17, 15) is 0 Å². The molecule has 0 saturated heterocycles. The number of benzene rings is 2. The number of aromatic amines is 2. The van der Waals surface area contributed by atoms with E-state index in [1.807, 2.05) is 11.8 Å². The quantitative estimate of drug-likeness (QED) is 0.427. The predicted molar refractivity (Wildman–Crippen MR) is 112 cm³/mol. The number of fused-ring (bicyclic) bond motifs is 6. The Labute approximate surface area is 162 Å². The molecule has 4 aromatic rings. The molecule has 0 amide bonds. The highest BCUT2D eigenvalue weighted by Crippen LogP contribution is 2.39. The third-order valence-electron chi connectivity index (χ3n) is 5.91. The number of rotatable bonds is 2. The largest absolute Gasteiger partial charge is 0.357 e. The van der Waals surface area contributed by atoms with Crippen molar-refractivity contribution in [2.75, 3.05) is 13.1 Å². The van der Waals surface area contributed by atoms with Crippen LogP contribution in [0.1, 0.15) is 22.5 Å². The molecule has 0 saturated carbocycles. The molecule has 0 fully saturated rings. The number of para-hydroxylation sites is 2. The molecule has 0 aliphatic carbocycles. The van der Waals surface area contributed by atoms with E-state index in [1.165, 1.54) is 54.1 Å². The minimum absolute atomic E-state index is 0.968. The van der Waals surface area contributed by atoms with Gasteiger partial charge in [0.25, 0.3) is 0 Å². The van der Waals surface area contributed by atoms with Gasteiger partial charge in [-0.2, -0.15) is 0 Å². The summed E-state index contributed by atoms with van der Waals surface area (Å²) in [6.45, 7) is 4.05. The van der Waals surface area contributed by atoms with Gasteiger partial charge in [0.2, 0.25) is 0 Å². The molecule has 0 bridgehead atoms. The van der Waals surface area contributed by atoms with Crippen LogP contribution in [0.2, 0.25) is 0 Å². The maximum atomic E-state index is 3.72. The maximum absolute atomic E-state index is 3.72. The first-order chi connectivity index (χ1) is 13.4. The van der Waals surface area contributed by atoms with E-state index in [0.717, 1.165) is 39.0 Å². The first-order valence-electron chi connectivity index (χ1n) is 9.72. The molecule has 4 nitrogen and oxygen atoms in total. The van der Waals surface area contributed by atoms with Crippen LogP contribution in [-0.4, -0.2) is 23.1 Å². The first-order valence-corrected chi connectivity index (χ1v) is 10.5. The van der Waals surface area contributed by atoms with Gasteiger partial charge in [0.05, 0.1) is 11.0 Å². The fourth-order valence-electron chi connectivity index (χ4n) is 4.57. The molecule has 2 aromatic heterocycles. The second-order valence-corrected chi connectivity index (χ2v) is 8.56. The zero-order chi connectivity index (χ0) is 17.8. The summed E-state index contributed by atoms with van der Waals surface area (Å²) < 4.78 is 0. The van der Waals surface area contributed by atoms with Gasteiger partial charge < -0.3 is 20.6 Å². The Kier molecular flexibility index (Phi) is 3.61. The average molecular weight is 375 g/mol. The van der Waals surface area contributed by atoms with Gasteiger partial charge in [-0.05, 0) is 23.3 Å². The molecule has 2 aromatic carbocycles. The highest BCUT2D eigenvalue weighted by Gasteiger charge is 2.19. The number of nitrogens with one attached hydrogen (secondary N) is 4. The Hall–Kier alpha value is -2.21. The molecule has 27 heavy (non-hydrogen) atoms. The molecule has 5 heteroatoms. The van der Waals surface area contributed by atoms with Crippen LogP contribution >= 0.6 is 11.8 Å². The minimum atomic E-state index is 0.968. The van der Waals surface area contributed by atoms with E-state index in [2.05, 4.69) is 57.0 Å². The molecular formula is C22H22N4S. The second kappa shape index (κ2) is 6.16. The lowest BCUT2D eigenvalue weighted by Gasteiger charge is -2.12. The zero-order valence-electron chi connectivity index (χ0n) is 15.1. The molecule has 4 heterocycles. The Bertz CT molecular complexity index is 1080. The molecule has 4 N–H and O–H groups in total. The summed E-state index contributed by atoms with van der Waals surface area (Å²) in [6.07, 6.45) is 2.17. The van der Waals surface area contributed by atoms with Gasteiger partial charge in [-0.15, -0.1) is 0 Å². The zero-order valence-corrected chi connectivity index (χ0v) is 15.9. The maximum Gasteiger partial charge on any atom is 0.0601 e. The Morgan fingerprint density at radius 1 is 0.667 bits per heavy atom. The first kappa shape index (κ1) is 15.8. The smallest absolute Gasteiger partial charge is 0.0601 e. The Morgan fingerprint density at radius 2 is 1.19 bits per heavy atom. The van der Waals surface area contributed by atoms with E-state index in [4.69, 9.17) is 0 Å². The van der Waals surface area contributed by atoms with Gasteiger partial charge in [0.1, 0.15) is 0 Å². The fourth-order valence-corrected chi connectivity index (χ4v) is 5.63. The summed E-state index contributed by atoms with van der Waals surface area (Å²) in [5.41, 5.74) is 8.25. The van der Waals surface area contributed by atoms with E-state index in [-0.39, 0.29) is 0 Å². The van der Waals surface area contributed by atoms with Crippen LogP contribution in [-0.2, 0) is 25.9 Å². The highest BCUT2D eigenvalue weighted by molar-refractivity contribution is 7.99. The number of aromatic nitrogens is 2. The van der Waals surface area contributed by atoms with Gasteiger partial charge in [-0.25, -0.2) is 0 Å². The lowest BCUT2D eigenvalue weighted by molar-refractivity contribution is 0.641. The molecular weight excluding hydrogens is 352 g/mol. The van der Waals surface area contributed by atoms with Crippen molar-refractivity contribution in [2.45, 2.75) is 35.7 Å². The predicted octanol–water partition coefficient (Wildman–Crippen LogP) is 4.09. The Balaban J connectivity index is 1.48. The van der Waals surface area contributed by atoms with E-state index in [1.54, 1.807) is 0 Å². The van der Waals surface area contributed by atoms with Gasteiger partial charge in [0.15, 0.2) is 0 Å². The van der Waals surface area contributed by atoms with Crippen LogP contribution in [0.25, 0.3) is 21.8 Å². The topological polar surface area (TPSA) is 55.6 Å². The fraction of sp³-hybridized carbons (Fsp3) is 0.273. The molecule has 0 radical (unpaired) electrons. The van der Waals surface area contributed by atoms with Crippen molar-refractivity contribution in [1.82, 2.24) is 20.6 Å². The molecule has 0 atom stereocenters. The third-order valence-corrected chi connectivity index (χ3v) is 7.03. The van der Waals surface area contributed by atoms with Crippen LogP contribution in [0.3, 0.4) is 0 Å². The van der Waals surface area contributed by atoms with Crippen LogP contribution in [0.4, 0.5) is 0 Å². The summed E-state index contributed by atoms with van der Waals surface area (Å²) in [4.78, 5) is 10.1. The van der Waals surface area contributed by atoms with Crippen LogP contribution in [0.5, 0.6) is 0 Å². The summed E-state index contributed by atoms with van der Waals surface area (Å²) in [6, 6.07) is 13.4. The van der Waals surface area contributed by atoms with E-state index >= 15 is 0 Å². The van der Waals surface area contributed by atoms with Crippen molar-refractivity contribution in [1.29, 1.82) is 0 Å². The van der Waals surface area contributed by atoms with Gasteiger partial charge >= 0.3 is 0 Å². The molecule has 0 unspecified atom stereocenters. The van der Waals surface area contributed by atoms with Crippen molar-refractivity contribution in [3.05, 3.63) is 58.9 Å². The molecule has 2 aliphatic rings. The van der Waals surface area contributed by atoms with Crippen molar-refractivity contribution in [3.63, 3.8) is 0 Å². The van der Waals surface area contributed by atoms with Crippen LogP contribution < -0.4 is 10.6 Å². The molecule has 136 valence electrons. The summed E-state index contributed by atoms with van der Waals surface area (Å²) in [5.74, 6) is 0. The van der Waals surface area contributed by atoms with Crippen molar-refractivity contribution in [2.24, 2.45) is 0 Å². The minimum Gasteiger partial charge on any atom is -0.357 e. The number of hydrogen-bond donors (Lipinski definition) is 4. The number of H-pyrrole nitrogens is 2.